The van der Waals surface area contributed by atoms with Gasteiger partial charge in [-0.2, -0.15) is 5.10 Å². The lowest BCUT2D eigenvalue weighted by Gasteiger charge is -2.13. The Bertz CT molecular complexity index is 636. The number of aromatic nitrogens is 3. The molecule has 1 aromatic carbocycles. The topological polar surface area (TPSA) is 78.3 Å². The van der Waals surface area contributed by atoms with E-state index in [0.29, 0.717) is 13.2 Å². The molecule has 3 rings (SSSR count). The van der Waals surface area contributed by atoms with Crippen LogP contribution in [0.4, 0.5) is 0 Å². The summed E-state index contributed by atoms with van der Waals surface area (Å²) in [5.41, 5.74) is 1.01. The van der Waals surface area contributed by atoms with E-state index in [-0.39, 0.29) is 18.1 Å². The van der Waals surface area contributed by atoms with Crippen molar-refractivity contribution >= 4 is 5.91 Å². The van der Waals surface area contributed by atoms with Crippen molar-refractivity contribution in [3.8, 4) is 5.75 Å². The highest BCUT2D eigenvalue weighted by Gasteiger charge is 2.16. The van der Waals surface area contributed by atoms with Crippen LogP contribution in [-0.4, -0.2) is 40.0 Å². The van der Waals surface area contributed by atoms with Crippen molar-refractivity contribution < 1.29 is 14.3 Å². The fraction of sp³-hybridized carbons (Fsp3) is 0.471. The number of rotatable bonds is 7. The van der Waals surface area contributed by atoms with E-state index in [1.165, 1.54) is 17.3 Å². The highest BCUT2D eigenvalue weighted by Crippen LogP contribution is 2.16. The van der Waals surface area contributed by atoms with Crippen molar-refractivity contribution in [3.63, 3.8) is 0 Å². The van der Waals surface area contributed by atoms with E-state index in [2.05, 4.69) is 15.4 Å². The lowest BCUT2D eigenvalue weighted by Crippen LogP contribution is -2.30. The number of benzene rings is 1. The molecule has 7 nitrogen and oxygen atoms in total. The average Bonchev–Trinajstić information content (AvgIpc) is 3.31. The van der Waals surface area contributed by atoms with Gasteiger partial charge in [0.15, 0.2) is 0 Å². The number of amides is 1. The van der Waals surface area contributed by atoms with E-state index < -0.39 is 0 Å². The van der Waals surface area contributed by atoms with Crippen LogP contribution in [0.5, 0.6) is 5.75 Å². The van der Waals surface area contributed by atoms with Gasteiger partial charge in [-0.15, -0.1) is 0 Å². The Labute approximate surface area is 141 Å². The van der Waals surface area contributed by atoms with Crippen molar-refractivity contribution in [2.75, 3.05) is 13.2 Å². The molecule has 2 atom stereocenters. The number of ether oxygens (including phenoxy) is 2. The maximum Gasteiger partial charge on any atom is 0.244 e. The molecule has 1 fully saturated rings. The van der Waals surface area contributed by atoms with Crippen LogP contribution in [0.1, 0.15) is 31.4 Å². The molecule has 1 aliphatic rings. The summed E-state index contributed by atoms with van der Waals surface area (Å²) in [7, 11) is 0. The lowest BCUT2D eigenvalue weighted by molar-refractivity contribution is -0.124. The molecule has 0 bridgehead atoms. The minimum Gasteiger partial charge on any atom is -0.491 e. The summed E-state index contributed by atoms with van der Waals surface area (Å²) >= 11 is 0. The summed E-state index contributed by atoms with van der Waals surface area (Å²) < 4.78 is 12.8. The number of hydrogen-bond donors (Lipinski definition) is 1. The van der Waals surface area contributed by atoms with Gasteiger partial charge < -0.3 is 14.8 Å². The molecule has 1 aliphatic heterocycles. The van der Waals surface area contributed by atoms with Gasteiger partial charge in [-0.1, -0.05) is 12.1 Å². The van der Waals surface area contributed by atoms with Gasteiger partial charge in [0, 0.05) is 13.2 Å². The third-order valence-corrected chi connectivity index (χ3v) is 4.06. The largest absolute Gasteiger partial charge is 0.491 e. The van der Waals surface area contributed by atoms with Crippen molar-refractivity contribution in [3.05, 3.63) is 42.5 Å². The fourth-order valence-corrected chi connectivity index (χ4v) is 2.54. The first-order valence-corrected chi connectivity index (χ1v) is 8.17. The monoisotopic (exact) mass is 330 g/mol. The van der Waals surface area contributed by atoms with Gasteiger partial charge in [0.05, 0.1) is 6.10 Å². The van der Waals surface area contributed by atoms with Gasteiger partial charge >= 0.3 is 0 Å². The molecule has 1 N–H and O–H groups in total. The van der Waals surface area contributed by atoms with Crippen molar-refractivity contribution in [2.24, 2.45) is 0 Å². The molecule has 0 saturated carbocycles. The third-order valence-electron chi connectivity index (χ3n) is 4.06. The molecule has 2 heterocycles. The summed E-state index contributed by atoms with van der Waals surface area (Å²) in [6.07, 6.45) is 5.33. The Morgan fingerprint density at radius 1 is 1.46 bits per heavy atom. The summed E-state index contributed by atoms with van der Waals surface area (Å²) in [6.45, 7) is 3.67. The van der Waals surface area contributed by atoms with Gasteiger partial charge in [0.25, 0.3) is 0 Å². The zero-order chi connectivity index (χ0) is 16.8. The Hall–Kier alpha value is -2.41. The van der Waals surface area contributed by atoms with Crippen molar-refractivity contribution in [2.45, 2.75) is 38.5 Å². The summed E-state index contributed by atoms with van der Waals surface area (Å²) in [6, 6.07) is 7.34. The molecule has 1 amide bonds. The molecular weight excluding hydrogens is 308 g/mol. The number of hydrogen-bond acceptors (Lipinski definition) is 5. The van der Waals surface area contributed by atoms with Crippen LogP contribution in [0.15, 0.2) is 36.9 Å². The van der Waals surface area contributed by atoms with E-state index in [1.807, 2.05) is 24.3 Å². The second-order valence-electron chi connectivity index (χ2n) is 5.86. The van der Waals surface area contributed by atoms with E-state index in [1.54, 1.807) is 6.92 Å². The van der Waals surface area contributed by atoms with Crippen LogP contribution in [-0.2, 0) is 16.1 Å². The van der Waals surface area contributed by atoms with Crippen LogP contribution in [0.3, 0.4) is 0 Å². The normalized spacial score (nSPS) is 18.3. The fourth-order valence-electron chi connectivity index (χ4n) is 2.54. The standard InChI is InChI=1S/C17H22N4O3/c1-13(21-12-18-11-20-21)17(22)19-9-14-4-6-15(7-5-14)24-10-16-3-2-8-23-16/h4-7,11-13,16H,2-3,8-10H2,1H3,(H,19,22)/t13-,16+/m0/s1. The average molecular weight is 330 g/mol. The first kappa shape index (κ1) is 16.4. The van der Waals surface area contributed by atoms with E-state index in [9.17, 15) is 4.79 Å². The highest BCUT2D eigenvalue weighted by molar-refractivity contribution is 5.79. The van der Waals surface area contributed by atoms with Crippen molar-refractivity contribution in [1.29, 1.82) is 0 Å². The molecule has 0 aliphatic carbocycles. The zero-order valence-electron chi connectivity index (χ0n) is 13.7. The SMILES string of the molecule is C[C@@H](C(=O)NCc1ccc(OC[C@H]2CCCO2)cc1)n1cncn1. The van der Waals surface area contributed by atoms with Gasteiger partial charge in [0.1, 0.15) is 31.1 Å². The number of carbonyl (C=O) groups excluding carboxylic acids is 1. The lowest BCUT2D eigenvalue weighted by atomic mass is 10.2. The second kappa shape index (κ2) is 7.92. The molecule has 24 heavy (non-hydrogen) atoms. The maximum atomic E-state index is 12.1. The number of carbonyl (C=O) groups is 1. The van der Waals surface area contributed by atoms with Gasteiger partial charge in [-0.25, -0.2) is 9.67 Å². The quantitative estimate of drug-likeness (QED) is 0.836. The molecule has 1 saturated heterocycles. The minimum atomic E-state index is -0.387. The molecular formula is C17H22N4O3. The third kappa shape index (κ3) is 4.32. The van der Waals surface area contributed by atoms with Crippen LogP contribution in [0.2, 0.25) is 0 Å². The Morgan fingerprint density at radius 2 is 2.29 bits per heavy atom. The highest BCUT2D eigenvalue weighted by atomic mass is 16.5. The van der Waals surface area contributed by atoms with Gasteiger partial charge in [0.2, 0.25) is 5.91 Å². The zero-order valence-corrected chi connectivity index (χ0v) is 13.7. The summed E-state index contributed by atoms with van der Waals surface area (Å²) in [5.74, 6) is 0.718. The van der Waals surface area contributed by atoms with Crippen LogP contribution in [0.25, 0.3) is 0 Å². The first-order valence-electron chi connectivity index (χ1n) is 8.17. The van der Waals surface area contributed by atoms with Crippen LogP contribution < -0.4 is 10.1 Å². The molecule has 128 valence electrons. The molecule has 0 radical (unpaired) electrons. The smallest absolute Gasteiger partial charge is 0.244 e. The Balaban J connectivity index is 1.44. The summed E-state index contributed by atoms with van der Waals surface area (Å²) in [4.78, 5) is 15.9. The summed E-state index contributed by atoms with van der Waals surface area (Å²) in [5, 5.41) is 6.87. The predicted octanol–water partition coefficient (Wildman–Crippen LogP) is 1.71. The maximum absolute atomic E-state index is 12.1. The Morgan fingerprint density at radius 3 is 2.96 bits per heavy atom. The second-order valence-corrected chi connectivity index (χ2v) is 5.86. The van der Waals surface area contributed by atoms with Gasteiger partial charge in [-0.3, -0.25) is 4.79 Å². The molecule has 0 spiro atoms. The van der Waals surface area contributed by atoms with Crippen LogP contribution >= 0.6 is 0 Å². The van der Waals surface area contributed by atoms with E-state index in [4.69, 9.17) is 9.47 Å². The van der Waals surface area contributed by atoms with Crippen molar-refractivity contribution in [1.82, 2.24) is 20.1 Å². The number of nitrogens with zero attached hydrogens (tertiary/aromatic N) is 3. The van der Waals surface area contributed by atoms with Gasteiger partial charge in [-0.05, 0) is 37.5 Å². The molecule has 7 heteroatoms. The molecule has 0 unspecified atom stereocenters. The van der Waals surface area contributed by atoms with E-state index >= 15 is 0 Å². The van der Waals surface area contributed by atoms with E-state index in [0.717, 1.165) is 30.8 Å². The predicted molar refractivity (Wildman–Crippen MR) is 87.5 cm³/mol. The Kier molecular flexibility index (Phi) is 5.43. The first-order chi connectivity index (χ1) is 11.7. The minimum absolute atomic E-state index is 0.0980. The molecule has 2 aromatic rings. The number of nitrogens with one attached hydrogen (secondary N) is 1. The van der Waals surface area contributed by atoms with Crippen LogP contribution in [0, 0.1) is 0 Å². The molecule has 1 aromatic heterocycles.